The number of likely N-dealkylation sites (tertiary alicyclic amines) is 1. The Labute approximate surface area is 118 Å². The van der Waals surface area contributed by atoms with E-state index < -0.39 is 12.0 Å². The molecule has 7 heteroatoms. The Kier molecular flexibility index (Phi) is 7.19. The quantitative estimate of drug-likeness (QED) is 0.597. The van der Waals surface area contributed by atoms with E-state index in [9.17, 15) is 9.59 Å². The monoisotopic (exact) mass is 289 g/mol. The van der Waals surface area contributed by atoms with Gasteiger partial charge in [0.25, 0.3) is 0 Å². The third-order valence-corrected chi connectivity index (χ3v) is 3.89. The van der Waals surface area contributed by atoms with E-state index in [-0.39, 0.29) is 18.5 Å². The predicted molar refractivity (Wildman–Crippen MR) is 76.2 cm³/mol. The van der Waals surface area contributed by atoms with Crippen LogP contribution in [0, 0.1) is 0 Å². The number of amides is 1. The molecule has 1 saturated heterocycles. The van der Waals surface area contributed by atoms with Gasteiger partial charge in [-0.15, -0.1) is 0 Å². The number of rotatable bonds is 7. The van der Waals surface area contributed by atoms with Gasteiger partial charge < -0.3 is 16.2 Å². The minimum atomic E-state index is -0.969. The predicted octanol–water partition coefficient (Wildman–Crippen LogP) is -0.268. The van der Waals surface area contributed by atoms with Gasteiger partial charge in [-0.3, -0.25) is 9.69 Å². The second-order valence-corrected chi connectivity index (χ2v) is 5.84. The Balaban J connectivity index is 2.33. The van der Waals surface area contributed by atoms with Crippen molar-refractivity contribution in [2.75, 3.05) is 31.6 Å². The van der Waals surface area contributed by atoms with Crippen molar-refractivity contribution in [2.24, 2.45) is 5.73 Å². The number of thioether (sulfide) groups is 1. The van der Waals surface area contributed by atoms with Gasteiger partial charge in [0.15, 0.2) is 0 Å². The number of hydrogen-bond donors (Lipinski definition) is 3. The number of carbonyl (C=O) groups excluding carboxylic acids is 1. The number of piperidine rings is 1. The van der Waals surface area contributed by atoms with Gasteiger partial charge in [0.1, 0.15) is 6.04 Å². The first-order chi connectivity index (χ1) is 9.02. The van der Waals surface area contributed by atoms with Gasteiger partial charge >= 0.3 is 5.97 Å². The van der Waals surface area contributed by atoms with E-state index in [1.54, 1.807) is 11.8 Å². The maximum absolute atomic E-state index is 11.8. The lowest BCUT2D eigenvalue weighted by Gasteiger charge is -2.29. The lowest BCUT2D eigenvalue weighted by molar-refractivity contribution is -0.142. The van der Waals surface area contributed by atoms with Crippen LogP contribution in [0.1, 0.15) is 19.3 Å². The van der Waals surface area contributed by atoms with Crippen LogP contribution in [0.2, 0.25) is 0 Å². The first-order valence-corrected chi connectivity index (χ1v) is 7.91. The second kappa shape index (κ2) is 8.39. The van der Waals surface area contributed by atoms with Crippen molar-refractivity contribution < 1.29 is 14.7 Å². The maximum atomic E-state index is 11.8. The number of hydrogen-bond acceptors (Lipinski definition) is 5. The molecule has 1 amide bonds. The summed E-state index contributed by atoms with van der Waals surface area (Å²) in [6.07, 6.45) is 4.15. The highest BCUT2D eigenvalue weighted by Gasteiger charge is 2.22. The molecule has 0 radical (unpaired) electrons. The first kappa shape index (κ1) is 16.3. The smallest absolute Gasteiger partial charge is 0.326 e. The number of carboxylic acid groups (broad SMARTS) is 1. The van der Waals surface area contributed by atoms with E-state index >= 15 is 0 Å². The van der Waals surface area contributed by atoms with Gasteiger partial charge in [0, 0.05) is 19.1 Å². The summed E-state index contributed by atoms with van der Waals surface area (Å²) >= 11 is 1.57. The van der Waals surface area contributed by atoms with E-state index in [0.29, 0.717) is 6.42 Å². The third-order valence-electron chi connectivity index (χ3n) is 3.24. The zero-order chi connectivity index (χ0) is 14.3. The van der Waals surface area contributed by atoms with Crippen LogP contribution in [0.5, 0.6) is 0 Å². The molecule has 1 heterocycles. The molecule has 110 valence electrons. The summed E-state index contributed by atoms with van der Waals surface area (Å²) in [5.74, 6) is -0.470. The lowest BCUT2D eigenvalue weighted by Crippen LogP contribution is -2.48. The SMILES string of the molecule is CSCC[C@@H](NC(=O)CN1CCC(N)CC1)C(=O)O. The van der Waals surface area contributed by atoms with Crippen molar-refractivity contribution in [3.63, 3.8) is 0 Å². The molecule has 6 nitrogen and oxygen atoms in total. The van der Waals surface area contributed by atoms with Crippen LogP contribution < -0.4 is 11.1 Å². The van der Waals surface area contributed by atoms with Crippen molar-refractivity contribution >= 4 is 23.6 Å². The van der Waals surface area contributed by atoms with E-state index in [4.69, 9.17) is 10.8 Å². The molecular weight excluding hydrogens is 266 g/mol. The van der Waals surface area contributed by atoms with Crippen molar-refractivity contribution in [2.45, 2.75) is 31.3 Å². The number of carboxylic acids is 1. The van der Waals surface area contributed by atoms with Gasteiger partial charge in [-0.25, -0.2) is 4.79 Å². The highest BCUT2D eigenvalue weighted by atomic mass is 32.2. The molecule has 0 saturated carbocycles. The number of aliphatic carboxylic acids is 1. The van der Waals surface area contributed by atoms with E-state index in [1.807, 2.05) is 11.2 Å². The molecule has 1 aliphatic rings. The number of nitrogens with zero attached hydrogens (tertiary/aromatic N) is 1. The fourth-order valence-corrected chi connectivity index (χ4v) is 2.52. The Morgan fingerprint density at radius 2 is 2.11 bits per heavy atom. The standard InChI is InChI=1S/C12H23N3O3S/c1-19-7-4-10(12(17)18)14-11(16)8-15-5-2-9(13)3-6-15/h9-10H,2-8,13H2,1H3,(H,14,16)(H,17,18)/t10-/m1/s1. The van der Waals surface area contributed by atoms with Crippen LogP contribution in [-0.4, -0.2) is 65.6 Å². The largest absolute Gasteiger partial charge is 0.480 e. The van der Waals surface area contributed by atoms with Crippen LogP contribution in [0.15, 0.2) is 0 Å². The Morgan fingerprint density at radius 3 is 2.63 bits per heavy atom. The normalized spacial score (nSPS) is 19.1. The molecule has 0 bridgehead atoms. The van der Waals surface area contributed by atoms with Crippen molar-refractivity contribution in [3.8, 4) is 0 Å². The molecule has 0 aromatic heterocycles. The summed E-state index contributed by atoms with van der Waals surface area (Å²) in [6, 6.07) is -0.556. The minimum absolute atomic E-state index is 0.219. The zero-order valence-corrected chi connectivity index (χ0v) is 12.1. The summed E-state index contributed by atoms with van der Waals surface area (Å²) in [7, 11) is 0. The van der Waals surface area contributed by atoms with E-state index in [2.05, 4.69) is 5.32 Å². The van der Waals surface area contributed by atoms with Crippen molar-refractivity contribution in [1.29, 1.82) is 0 Å². The topological polar surface area (TPSA) is 95.7 Å². The molecule has 19 heavy (non-hydrogen) atoms. The molecule has 1 atom stereocenters. The van der Waals surface area contributed by atoms with Gasteiger partial charge in [-0.05, 0) is 31.3 Å². The Bertz CT molecular complexity index is 307. The number of carbonyl (C=O) groups is 2. The van der Waals surface area contributed by atoms with Gasteiger partial charge in [0.05, 0.1) is 6.54 Å². The average molecular weight is 289 g/mol. The molecular formula is C12H23N3O3S. The van der Waals surface area contributed by atoms with Gasteiger partial charge in [0.2, 0.25) is 5.91 Å². The third kappa shape index (κ3) is 6.26. The summed E-state index contributed by atoms with van der Waals surface area (Å²) in [5.41, 5.74) is 5.80. The fourth-order valence-electron chi connectivity index (χ4n) is 2.05. The number of nitrogens with two attached hydrogens (primary N) is 1. The molecule has 1 aliphatic heterocycles. The maximum Gasteiger partial charge on any atom is 0.326 e. The first-order valence-electron chi connectivity index (χ1n) is 6.52. The van der Waals surface area contributed by atoms with Gasteiger partial charge in [-0.2, -0.15) is 11.8 Å². The Morgan fingerprint density at radius 1 is 1.47 bits per heavy atom. The van der Waals surface area contributed by atoms with E-state index in [1.165, 1.54) is 0 Å². The minimum Gasteiger partial charge on any atom is -0.480 e. The second-order valence-electron chi connectivity index (χ2n) is 4.85. The molecule has 0 aromatic rings. The molecule has 4 N–H and O–H groups in total. The highest BCUT2D eigenvalue weighted by molar-refractivity contribution is 7.98. The molecule has 0 aromatic carbocycles. The molecule has 0 aliphatic carbocycles. The summed E-state index contributed by atoms with van der Waals surface area (Å²) in [5, 5.41) is 11.6. The van der Waals surface area contributed by atoms with Crippen LogP contribution in [-0.2, 0) is 9.59 Å². The molecule has 1 fully saturated rings. The summed E-state index contributed by atoms with van der Waals surface area (Å²) in [4.78, 5) is 24.9. The van der Waals surface area contributed by atoms with Crippen LogP contribution in [0.25, 0.3) is 0 Å². The summed E-state index contributed by atoms with van der Waals surface area (Å²) < 4.78 is 0. The molecule has 1 rings (SSSR count). The Hall–Kier alpha value is -0.790. The number of nitrogens with one attached hydrogen (secondary N) is 1. The lowest BCUT2D eigenvalue weighted by atomic mass is 10.1. The average Bonchev–Trinajstić information content (AvgIpc) is 2.37. The van der Waals surface area contributed by atoms with Crippen molar-refractivity contribution in [3.05, 3.63) is 0 Å². The van der Waals surface area contributed by atoms with Gasteiger partial charge in [-0.1, -0.05) is 0 Å². The zero-order valence-electron chi connectivity index (χ0n) is 11.3. The molecule has 0 spiro atoms. The van der Waals surface area contributed by atoms with E-state index in [0.717, 1.165) is 31.7 Å². The van der Waals surface area contributed by atoms with Crippen LogP contribution >= 0.6 is 11.8 Å². The highest BCUT2D eigenvalue weighted by Crippen LogP contribution is 2.07. The van der Waals surface area contributed by atoms with Crippen LogP contribution in [0.3, 0.4) is 0 Å². The van der Waals surface area contributed by atoms with Crippen molar-refractivity contribution in [1.82, 2.24) is 10.2 Å². The van der Waals surface area contributed by atoms with Crippen LogP contribution in [0.4, 0.5) is 0 Å². The summed E-state index contributed by atoms with van der Waals surface area (Å²) in [6.45, 7) is 1.87. The fraction of sp³-hybridized carbons (Fsp3) is 0.833. The molecule has 0 unspecified atom stereocenters.